The summed E-state index contributed by atoms with van der Waals surface area (Å²) in [6, 6.07) is 6.22. The fraction of sp³-hybridized carbons (Fsp3) is 0.353. The van der Waals surface area contributed by atoms with Gasteiger partial charge < -0.3 is 10.0 Å². The van der Waals surface area contributed by atoms with E-state index in [-0.39, 0.29) is 17.6 Å². The highest BCUT2D eigenvalue weighted by Crippen LogP contribution is 2.21. The summed E-state index contributed by atoms with van der Waals surface area (Å²) in [6.07, 6.45) is 1.51. The van der Waals surface area contributed by atoms with Gasteiger partial charge in [-0.2, -0.15) is 0 Å². The van der Waals surface area contributed by atoms with Crippen LogP contribution in [0.3, 0.4) is 0 Å². The summed E-state index contributed by atoms with van der Waals surface area (Å²) in [5.74, 6) is -1.59. The van der Waals surface area contributed by atoms with Crippen molar-refractivity contribution in [3.05, 3.63) is 51.7 Å². The molecule has 1 aliphatic heterocycles. The Morgan fingerprint density at radius 3 is 2.54 bits per heavy atom. The zero-order valence-electron chi connectivity index (χ0n) is 12.9. The predicted octanol–water partition coefficient (Wildman–Crippen LogP) is 2.81. The second-order valence-corrected chi connectivity index (χ2v) is 6.78. The van der Waals surface area contributed by atoms with Gasteiger partial charge in [-0.25, -0.2) is 9.37 Å². The molecule has 7 heteroatoms. The molecular formula is C17H17FN2O3S. The van der Waals surface area contributed by atoms with Crippen molar-refractivity contribution >= 4 is 23.2 Å². The first-order valence-corrected chi connectivity index (χ1v) is 8.62. The number of hydrogen-bond donors (Lipinski definition) is 1. The molecule has 0 aliphatic carbocycles. The average Bonchev–Trinajstić information content (AvgIpc) is 3.05. The van der Waals surface area contributed by atoms with Crippen molar-refractivity contribution < 1.29 is 19.1 Å². The van der Waals surface area contributed by atoms with E-state index in [2.05, 4.69) is 4.98 Å². The smallest absolute Gasteiger partial charge is 0.306 e. The van der Waals surface area contributed by atoms with Crippen molar-refractivity contribution in [1.29, 1.82) is 0 Å². The number of benzene rings is 1. The standard InChI is InChI=1S/C17H17FN2O3S/c18-13-3-1-11(2-4-13)9-15-19-14(10-24-15)16(21)20-7-5-12(6-8-20)17(22)23/h1-4,10,12H,5-9H2,(H,22,23). The summed E-state index contributed by atoms with van der Waals surface area (Å²) in [5.41, 5.74) is 1.33. The molecule has 126 valence electrons. The maximum Gasteiger partial charge on any atom is 0.306 e. The number of aliphatic carboxylic acids is 1. The number of carboxylic acids is 1. The number of halogens is 1. The minimum atomic E-state index is -0.794. The third-order valence-electron chi connectivity index (χ3n) is 4.17. The second-order valence-electron chi connectivity index (χ2n) is 5.83. The van der Waals surface area contributed by atoms with E-state index < -0.39 is 5.97 Å². The van der Waals surface area contributed by atoms with Gasteiger partial charge in [0.2, 0.25) is 0 Å². The van der Waals surface area contributed by atoms with Gasteiger partial charge in [-0.3, -0.25) is 9.59 Å². The molecule has 1 fully saturated rings. The van der Waals surface area contributed by atoms with E-state index in [0.717, 1.165) is 10.6 Å². The number of rotatable bonds is 4. The third-order valence-corrected chi connectivity index (χ3v) is 5.02. The molecule has 1 aromatic heterocycles. The number of carbonyl (C=O) groups excluding carboxylic acids is 1. The fourth-order valence-electron chi connectivity index (χ4n) is 2.76. The molecule has 24 heavy (non-hydrogen) atoms. The molecule has 5 nitrogen and oxygen atoms in total. The number of likely N-dealkylation sites (tertiary alicyclic amines) is 1. The van der Waals surface area contributed by atoms with E-state index >= 15 is 0 Å². The summed E-state index contributed by atoms with van der Waals surface area (Å²) in [6.45, 7) is 0.890. The van der Waals surface area contributed by atoms with Crippen LogP contribution in [0.1, 0.15) is 33.9 Å². The summed E-state index contributed by atoms with van der Waals surface area (Å²) in [4.78, 5) is 29.5. The van der Waals surface area contributed by atoms with E-state index in [1.165, 1.54) is 23.5 Å². The molecular weight excluding hydrogens is 331 g/mol. The molecule has 1 aromatic carbocycles. The molecule has 0 bridgehead atoms. The Morgan fingerprint density at radius 1 is 1.25 bits per heavy atom. The Bertz CT molecular complexity index is 737. The molecule has 2 heterocycles. The summed E-state index contributed by atoms with van der Waals surface area (Å²) in [7, 11) is 0. The molecule has 1 amide bonds. The Labute approximate surface area is 142 Å². The van der Waals surface area contributed by atoms with Gasteiger partial charge in [0, 0.05) is 24.9 Å². The van der Waals surface area contributed by atoms with Crippen molar-refractivity contribution in [2.24, 2.45) is 5.92 Å². The number of amides is 1. The van der Waals surface area contributed by atoms with E-state index in [1.54, 1.807) is 22.4 Å². The zero-order valence-corrected chi connectivity index (χ0v) is 13.8. The highest BCUT2D eigenvalue weighted by molar-refractivity contribution is 7.09. The lowest BCUT2D eigenvalue weighted by Crippen LogP contribution is -2.40. The second kappa shape index (κ2) is 7.09. The van der Waals surface area contributed by atoms with Crippen molar-refractivity contribution in [1.82, 2.24) is 9.88 Å². The predicted molar refractivity (Wildman–Crippen MR) is 87.6 cm³/mol. The Balaban J connectivity index is 1.62. The first-order valence-electron chi connectivity index (χ1n) is 7.74. The largest absolute Gasteiger partial charge is 0.481 e. The van der Waals surface area contributed by atoms with Crippen LogP contribution in [-0.2, 0) is 11.2 Å². The molecule has 2 aromatic rings. The lowest BCUT2D eigenvalue weighted by molar-refractivity contribution is -0.143. The molecule has 1 aliphatic rings. The van der Waals surface area contributed by atoms with Gasteiger partial charge in [-0.05, 0) is 30.5 Å². The minimum Gasteiger partial charge on any atom is -0.481 e. The zero-order chi connectivity index (χ0) is 17.1. The molecule has 0 radical (unpaired) electrons. The van der Waals surface area contributed by atoms with Crippen molar-refractivity contribution in [3.8, 4) is 0 Å². The number of thiazole rings is 1. The van der Waals surface area contributed by atoms with Crippen LogP contribution in [0.25, 0.3) is 0 Å². The number of hydrogen-bond acceptors (Lipinski definition) is 4. The van der Waals surface area contributed by atoms with Gasteiger partial charge in [0.15, 0.2) is 0 Å². The summed E-state index contributed by atoms with van der Waals surface area (Å²) < 4.78 is 12.9. The van der Waals surface area contributed by atoms with Gasteiger partial charge in [-0.1, -0.05) is 12.1 Å². The van der Waals surface area contributed by atoms with E-state index in [1.807, 2.05) is 0 Å². The number of carboxylic acid groups (broad SMARTS) is 1. The van der Waals surface area contributed by atoms with Crippen molar-refractivity contribution in [3.63, 3.8) is 0 Å². The molecule has 3 rings (SSSR count). The first-order chi connectivity index (χ1) is 11.5. The average molecular weight is 348 g/mol. The monoisotopic (exact) mass is 348 g/mol. The van der Waals surface area contributed by atoms with E-state index in [9.17, 15) is 14.0 Å². The minimum absolute atomic E-state index is 0.152. The quantitative estimate of drug-likeness (QED) is 0.922. The third kappa shape index (κ3) is 3.79. The Hall–Kier alpha value is -2.28. The highest BCUT2D eigenvalue weighted by atomic mass is 32.1. The maximum atomic E-state index is 12.9. The van der Waals surface area contributed by atoms with Gasteiger partial charge >= 0.3 is 5.97 Å². The first kappa shape index (κ1) is 16.6. The van der Waals surface area contributed by atoms with Gasteiger partial charge in [-0.15, -0.1) is 11.3 Å². The van der Waals surface area contributed by atoms with Crippen molar-refractivity contribution in [2.45, 2.75) is 19.3 Å². The molecule has 0 atom stereocenters. The van der Waals surface area contributed by atoms with Crippen LogP contribution in [0.15, 0.2) is 29.6 Å². The maximum absolute atomic E-state index is 12.9. The number of piperidine rings is 1. The van der Waals surface area contributed by atoms with Crippen LogP contribution in [0, 0.1) is 11.7 Å². The van der Waals surface area contributed by atoms with Crippen LogP contribution in [0.2, 0.25) is 0 Å². The van der Waals surface area contributed by atoms with E-state index in [4.69, 9.17) is 5.11 Å². The summed E-state index contributed by atoms with van der Waals surface area (Å²) in [5, 5.41) is 11.5. The SMILES string of the molecule is O=C(O)C1CCN(C(=O)c2csc(Cc3ccc(F)cc3)n2)CC1. The lowest BCUT2D eigenvalue weighted by atomic mass is 9.97. The van der Waals surface area contributed by atoms with Crippen LogP contribution < -0.4 is 0 Å². The fourth-order valence-corrected chi connectivity index (χ4v) is 3.56. The Morgan fingerprint density at radius 2 is 1.92 bits per heavy atom. The molecule has 0 spiro atoms. The normalized spacial score (nSPS) is 15.5. The van der Waals surface area contributed by atoms with Gasteiger partial charge in [0.25, 0.3) is 5.91 Å². The van der Waals surface area contributed by atoms with Crippen LogP contribution in [0.4, 0.5) is 4.39 Å². The Kier molecular flexibility index (Phi) is 4.89. The molecule has 1 saturated heterocycles. The van der Waals surface area contributed by atoms with Crippen LogP contribution in [-0.4, -0.2) is 40.0 Å². The van der Waals surface area contributed by atoms with Crippen LogP contribution >= 0.6 is 11.3 Å². The molecule has 1 N–H and O–H groups in total. The molecule has 0 unspecified atom stereocenters. The van der Waals surface area contributed by atoms with Gasteiger partial charge in [0.1, 0.15) is 11.5 Å². The highest BCUT2D eigenvalue weighted by Gasteiger charge is 2.28. The lowest BCUT2D eigenvalue weighted by Gasteiger charge is -2.29. The van der Waals surface area contributed by atoms with Crippen LogP contribution in [0.5, 0.6) is 0 Å². The molecule has 0 saturated carbocycles. The topological polar surface area (TPSA) is 70.5 Å². The number of carbonyl (C=O) groups is 2. The van der Waals surface area contributed by atoms with Gasteiger partial charge in [0.05, 0.1) is 10.9 Å². The van der Waals surface area contributed by atoms with E-state index in [0.29, 0.717) is 38.0 Å². The number of nitrogens with zero attached hydrogens (tertiary/aromatic N) is 2. The van der Waals surface area contributed by atoms with Crippen molar-refractivity contribution in [2.75, 3.05) is 13.1 Å². The summed E-state index contributed by atoms with van der Waals surface area (Å²) >= 11 is 1.40. The number of aromatic nitrogens is 1.